The van der Waals surface area contributed by atoms with Gasteiger partial charge in [0, 0.05) is 6.42 Å². The molecule has 3 heteroatoms. The van der Waals surface area contributed by atoms with E-state index in [0.29, 0.717) is 17.8 Å². The van der Waals surface area contributed by atoms with Gasteiger partial charge >= 0.3 is 0 Å². The lowest BCUT2D eigenvalue weighted by Gasteiger charge is -2.45. The molecular weight excluding hydrogens is 432 g/mol. The predicted molar refractivity (Wildman–Crippen MR) is 146 cm³/mol. The van der Waals surface area contributed by atoms with Crippen molar-refractivity contribution in [2.75, 3.05) is 0 Å². The molecule has 3 nitrogen and oxygen atoms in total. The highest BCUT2D eigenvalue weighted by Gasteiger charge is 2.51. The van der Waals surface area contributed by atoms with Crippen LogP contribution in [0, 0.1) is 35.0 Å². The van der Waals surface area contributed by atoms with E-state index in [0.717, 1.165) is 44.9 Å². The Labute approximate surface area is 214 Å². The maximum absolute atomic E-state index is 10.3. The lowest BCUT2D eigenvalue weighted by atomic mass is 9.60. The van der Waals surface area contributed by atoms with E-state index in [1.807, 2.05) is 13.8 Å². The van der Waals surface area contributed by atoms with E-state index in [9.17, 15) is 15.3 Å². The van der Waals surface area contributed by atoms with Gasteiger partial charge in [-0.1, -0.05) is 55.1 Å². The second-order valence-electron chi connectivity index (χ2n) is 13.1. The van der Waals surface area contributed by atoms with Crippen LogP contribution in [-0.4, -0.2) is 32.6 Å². The smallest absolute Gasteiger partial charge is 0.119 e. The van der Waals surface area contributed by atoms with E-state index >= 15 is 0 Å². The van der Waals surface area contributed by atoms with Crippen molar-refractivity contribution in [2.24, 2.45) is 23.2 Å². The molecule has 0 bridgehead atoms. The van der Waals surface area contributed by atoms with Crippen LogP contribution < -0.4 is 0 Å². The lowest BCUT2D eigenvalue weighted by molar-refractivity contribution is 0.0580. The molecule has 1 unspecified atom stereocenters. The van der Waals surface area contributed by atoms with Gasteiger partial charge in [0.25, 0.3) is 0 Å². The number of aliphatic hydroxyl groups is 3. The van der Waals surface area contributed by atoms with E-state index in [1.54, 1.807) is 19.4 Å². The fourth-order valence-corrected chi connectivity index (χ4v) is 7.09. The molecule has 0 aliphatic heterocycles. The fourth-order valence-electron chi connectivity index (χ4n) is 7.09. The van der Waals surface area contributed by atoms with Crippen LogP contribution in [0.15, 0.2) is 35.5 Å². The molecular formula is C32H50O3. The van der Waals surface area contributed by atoms with Gasteiger partial charge in [0.1, 0.15) is 5.60 Å². The van der Waals surface area contributed by atoms with Crippen LogP contribution in [0.2, 0.25) is 0 Å². The summed E-state index contributed by atoms with van der Waals surface area (Å²) < 4.78 is 0. The summed E-state index contributed by atoms with van der Waals surface area (Å²) in [5.41, 5.74) is 2.69. The van der Waals surface area contributed by atoms with Crippen LogP contribution in [0.4, 0.5) is 0 Å². The predicted octanol–water partition coefficient (Wildman–Crippen LogP) is 6.88. The van der Waals surface area contributed by atoms with Gasteiger partial charge in [-0.3, -0.25) is 0 Å². The largest absolute Gasteiger partial charge is 0.393 e. The summed E-state index contributed by atoms with van der Waals surface area (Å²) in [5, 5.41) is 30.5. The number of rotatable bonds is 7. The van der Waals surface area contributed by atoms with Gasteiger partial charge in [-0.2, -0.15) is 0 Å². The Hall–Kier alpha value is -1.34. The van der Waals surface area contributed by atoms with Gasteiger partial charge in [-0.05, 0) is 121 Å². The summed E-state index contributed by atoms with van der Waals surface area (Å²) in [5.74, 6) is 8.10. The van der Waals surface area contributed by atoms with Crippen molar-refractivity contribution in [3.05, 3.63) is 35.5 Å². The van der Waals surface area contributed by atoms with Gasteiger partial charge < -0.3 is 15.3 Å². The topological polar surface area (TPSA) is 60.7 Å². The summed E-state index contributed by atoms with van der Waals surface area (Å²) in [7, 11) is 0. The lowest BCUT2D eigenvalue weighted by Crippen LogP contribution is -2.36. The fraction of sp³-hybridized carbons (Fsp3) is 0.750. The van der Waals surface area contributed by atoms with Crippen molar-refractivity contribution >= 4 is 0 Å². The van der Waals surface area contributed by atoms with Crippen molar-refractivity contribution in [3.8, 4) is 11.8 Å². The SMILES string of the molecule is C=C1CC[C@H](O)C/C1=C/C=C1\CCC[C@]2(C)C([C@H](CC#CC(C)(C)O)CCCC(C)(C)O)CC[C@@H]12. The highest BCUT2D eigenvalue weighted by molar-refractivity contribution is 5.36. The quantitative estimate of drug-likeness (QED) is 0.347. The Morgan fingerprint density at radius 1 is 1.11 bits per heavy atom. The summed E-state index contributed by atoms with van der Waals surface area (Å²) in [6, 6.07) is 0. The van der Waals surface area contributed by atoms with E-state index < -0.39 is 11.2 Å². The highest BCUT2D eigenvalue weighted by atomic mass is 16.3. The molecule has 5 atom stereocenters. The molecule has 3 rings (SSSR count). The maximum atomic E-state index is 10.3. The van der Waals surface area contributed by atoms with Crippen molar-refractivity contribution in [1.29, 1.82) is 0 Å². The van der Waals surface area contributed by atoms with Gasteiger partial charge in [-0.25, -0.2) is 0 Å². The first kappa shape index (κ1) is 28.2. The number of fused-ring (bicyclic) bond motifs is 1. The van der Waals surface area contributed by atoms with E-state index in [4.69, 9.17) is 0 Å². The zero-order valence-electron chi connectivity index (χ0n) is 23.0. The number of hydrogen-bond donors (Lipinski definition) is 3. The third kappa shape index (κ3) is 7.82. The molecule has 0 amide bonds. The molecule has 0 aromatic carbocycles. The molecule has 3 aliphatic rings. The minimum atomic E-state index is -0.954. The normalized spacial score (nSPS) is 32.9. The molecule has 35 heavy (non-hydrogen) atoms. The molecule has 0 heterocycles. The Morgan fingerprint density at radius 2 is 1.86 bits per heavy atom. The second kappa shape index (κ2) is 11.4. The van der Waals surface area contributed by atoms with E-state index in [2.05, 4.69) is 37.5 Å². The monoisotopic (exact) mass is 482 g/mol. The van der Waals surface area contributed by atoms with Crippen molar-refractivity contribution in [1.82, 2.24) is 0 Å². The average molecular weight is 483 g/mol. The Kier molecular flexibility index (Phi) is 9.17. The van der Waals surface area contributed by atoms with Gasteiger partial charge in [0.15, 0.2) is 0 Å². The van der Waals surface area contributed by atoms with Crippen molar-refractivity contribution in [3.63, 3.8) is 0 Å². The van der Waals surface area contributed by atoms with Crippen molar-refractivity contribution in [2.45, 2.75) is 129 Å². The molecule has 3 N–H and O–H groups in total. The number of aliphatic hydroxyl groups excluding tert-OH is 1. The van der Waals surface area contributed by atoms with Crippen LogP contribution in [-0.2, 0) is 0 Å². The standard InChI is InChI=1S/C32H50O3/c1-23-13-16-27(33)22-26(23)15-14-25-12-9-21-32(6)28(17-18-29(25)32)24(10-7-19-30(2,3)34)11-8-20-31(4,5)35/h14-15,24,27-29,33-35H,1,7,9-13,16-19,21-22H2,2-6H3/b25-14+,26-15-/t24-,27-,28?,29-,32+/m0/s1. The highest BCUT2D eigenvalue weighted by Crippen LogP contribution is 2.60. The van der Waals surface area contributed by atoms with Gasteiger partial charge in [0.2, 0.25) is 0 Å². The minimum Gasteiger partial charge on any atom is -0.393 e. The molecule has 0 aromatic rings. The summed E-state index contributed by atoms with van der Waals surface area (Å²) in [6.45, 7) is 14.1. The molecule has 3 saturated carbocycles. The van der Waals surface area contributed by atoms with Gasteiger partial charge in [-0.15, -0.1) is 0 Å². The van der Waals surface area contributed by atoms with Crippen LogP contribution in [0.1, 0.15) is 112 Å². The Bertz CT molecular complexity index is 869. The third-order valence-corrected chi connectivity index (χ3v) is 8.92. The summed E-state index contributed by atoms with van der Waals surface area (Å²) >= 11 is 0. The number of hydrogen-bond acceptors (Lipinski definition) is 3. The zero-order chi connectivity index (χ0) is 25.9. The maximum Gasteiger partial charge on any atom is 0.119 e. The van der Waals surface area contributed by atoms with Crippen LogP contribution in [0.3, 0.4) is 0 Å². The minimum absolute atomic E-state index is 0.229. The second-order valence-corrected chi connectivity index (χ2v) is 13.1. The third-order valence-electron chi connectivity index (χ3n) is 8.92. The van der Waals surface area contributed by atoms with Crippen molar-refractivity contribution < 1.29 is 15.3 Å². The molecule has 3 aliphatic carbocycles. The van der Waals surface area contributed by atoms with E-state index in [-0.39, 0.29) is 11.5 Å². The molecule has 0 radical (unpaired) electrons. The number of allylic oxidation sites excluding steroid dienone is 4. The molecule has 0 aromatic heterocycles. The molecule has 196 valence electrons. The first-order chi connectivity index (χ1) is 16.3. The van der Waals surface area contributed by atoms with Crippen LogP contribution in [0.25, 0.3) is 0 Å². The zero-order valence-corrected chi connectivity index (χ0v) is 23.0. The van der Waals surface area contributed by atoms with Gasteiger partial charge in [0.05, 0.1) is 11.7 Å². The summed E-state index contributed by atoms with van der Waals surface area (Å²) in [4.78, 5) is 0. The van der Waals surface area contributed by atoms with Crippen LogP contribution in [0.5, 0.6) is 0 Å². The molecule has 3 fully saturated rings. The summed E-state index contributed by atoms with van der Waals surface area (Å²) in [6.07, 6.45) is 16.7. The first-order valence-electron chi connectivity index (χ1n) is 14.0. The Balaban J connectivity index is 1.79. The molecule has 0 spiro atoms. The van der Waals surface area contributed by atoms with Crippen LogP contribution >= 0.6 is 0 Å². The molecule has 0 saturated heterocycles. The Morgan fingerprint density at radius 3 is 2.54 bits per heavy atom. The van der Waals surface area contributed by atoms with E-state index in [1.165, 1.54) is 43.3 Å². The first-order valence-corrected chi connectivity index (χ1v) is 14.0. The average Bonchev–Trinajstić information content (AvgIpc) is 3.09.